The van der Waals surface area contributed by atoms with Gasteiger partial charge < -0.3 is 20.4 Å². The molecular formula is C19H30Cl2N4O2. The summed E-state index contributed by atoms with van der Waals surface area (Å²) in [5.74, 6) is 0.220. The van der Waals surface area contributed by atoms with Gasteiger partial charge in [0.05, 0.1) is 6.42 Å². The van der Waals surface area contributed by atoms with Gasteiger partial charge in [-0.15, -0.1) is 24.8 Å². The van der Waals surface area contributed by atoms with E-state index in [1.54, 1.807) is 0 Å². The van der Waals surface area contributed by atoms with Gasteiger partial charge in [-0.25, -0.2) is 0 Å². The van der Waals surface area contributed by atoms with Gasteiger partial charge in [-0.3, -0.25) is 9.59 Å². The lowest BCUT2D eigenvalue weighted by atomic mass is 10.1. The van der Waals surface area contributed by atoms with E-state index in [0.717, 1.165) is 56.8 Å². The number of hydrogen-bond donors (Lipinski definition) is 2. The molecule has 0 radical (unpaired) electrons. The first-order chi connectivity index (χ1) is 12.1. The molecule has 2 heterocycles. The molecule has 27 heavy (non-hydrogen) atoms. The number of nitrogens with zero attached hydrogens (tertiary/aromatic N) is 2. The van der Waals surface area contributed by atoms with Crippen LogP contribution in [0.4, 0.5) is 5.69 Å². The van der Waals surface area contributed by atoms with Crippen molar-refractivity contribution < 1.29 is 9.59 Å². The van der Waals surface area contributed by atoms with Crippen LogP contribution in [0.5, 0.6) is 0 Å². The molecule has 1 aromatic carbocycles. The molecule has 2 aliphatic rings. The zero-order chi connectivity index (χ0) is 17.6. The SMILES string of the molecule is CN1CCN(C(=O)Cc2ccc(NC(=O)CC3CCCN3)cc2)CC1.Cl.Cl. The Hall–Kier alpha value is -1.34. The largest absolute Gasteiger partial charge is 0.340 e. The second kappa shape index (κ2) is 11.5. The van der Waals surface area contributed by atoms with E-state index in [9.17, 15) is 9.59 Å². The summed E-state index contributed by atoms with van der Waals surface area (Å²) in [6.45, 7) is 4.49. The number of halogens is 2. The summed E-state index contributed by atoms with van der Waals surface area (Å²) >= 11 is 0. The highest BCUT2D eigenvalue weighted by molar-refractivity contribution is 5.91. The molecule has 3 rings (SSSR count). The van der Waals surface area contributed by atoms with E-state index < -0.39 is 0 Å². The molecule has 152 valence electrons. The third-order valence-electron chi connectivity index (χ3n) is 5.04. The Kier molecular flexibility index (Phi) is 10.1. The van der Waals surface area contributed by atoms with Gasteiger partial charge in [0, 0.05) is 44.3 Å². The summed E-state index contributed by atoms with van der Waals surface area (Å²) in [6.07, 6.45) is 3.16. The summed E-state index contributed by atoms with van der Waals surface area (Å²) < 4.78 is 0. The minimum atomic E-state index is 0. The van der Waals surface area contributed by atoms with Crippen LogP contribution in [0.2, 0.25) is 0 Å². The first-order valence-electron chi connectivity index (χ1n) is 9.18. The van der Waals surface area contributed by atoms with E-state index >= 15 is 0 Å². The van der Waals surface area contributed by atoms with Crippen molar-refractivity contribution in [2.75, 3.05) is 45.1 Å². The Bertz CT molecular complexity index is 598. The number of benzene rings is 1. The number of nitrogens with one attached hydrogen (secondary N) is 2. The van der Waals surface area contributed by atoms with Crippen molar-refractivity contribution in [3.8, 4) is 0 Å². The standard InChI is InChI=1S/C19H28N4O2.2ClH/c1-22-9-11-23(12-10-22)19(25)13-15-4-6-16(7-5-15)21-18(24)14-17-3-2-8-20-17;;/h4-7,17,20H,2-3,8-14H2,1H3,(H,21,24);2*1H. The first-order valence-corrected chi connectivity index (χ1v) is 9.18. The Morgan fingerprint density at radius 1 is 1.11 bits per heavy atom. The van der Waals surface area contributed by atoms with Crippen LogP contribution in [0.15, 0.2) is 24.3 Å². The fourth-order valence-electron chi connectivity index (χ4n) is 3.41. The highest BCUT2D eigenvalue weighted by Gasteiger charge is 2.19. The van der Waals surface area contributed by atoms with Crippen molar-refractivity contribution in [2.45, 2.75) is 31.7 Å². The van der Waals surface area contributed by atoms with Crippen LogP contribution in [-0.2, 0) is 16.0 Å². The average Bonchev–Trinajstić information content (AvgIpc) is 3.10. The van der Waals surface area contributed by atoms with E-state index in [1.807, 2.05) is 29.2 Å². The van der Waals surface area contributed by atoms with Crippen LogP contribution in [0.3, 0.4) is 0 Å². The fourth-order valence-corrected chi connectivity index (χ4v) is 3.41. The minimum absolute atomic E-state index is 0. The second-order valence-corrected chi connectivity index (χ2v) is 7.10. The molecule has 0 aliphatic carbocycles. The van der Waals surface area contributed by atoms with Crippen molar-refractivity contribution in [1.82, 2.24) is 15.1 Å². The highest BCUT2D eigenvalue weighted by atomic mass is 35.5. The molecule has 0 saturated carbocycles. The summed E-state index contributed by atoms with van der Waals surface area (Å²) in [4.78, 5) is 28.6. The van der Waals surface area contributed by atoms with Crippen molar-refractivity contribution in [3.05, 3.63) is 29.8 Å². The van der Waals surface area contributed by atoms with Crippen molar-refractivity contribution >= 4 is 42.3 Å². The molecule has 2 N–H and O–H groups in total. The molecule has 2 aliphatic heterocycles. The molecule has 2 amide bonds. The molecule has 1 aromatic rings. The van der Waals surface area contributed by atoms with Crippen molar-refractivity contribution in [1.29, 1.82) is 0 Å². The Morgan fingerprint density at radius 3 is 2.37 bits per heavy atom. The molecule has 2 fully saturated rings. The van der Waals surface area contributed by atoms with Crippen LogP contribution in [0.25, 0.3) is 0 Å². The van der Waals surface area contributed by atoms with Crippen LogP contribution in [-0.4, -0.2) is 67.4 Å². The maximum atomic E-state index is 12.4. The zero-order valence-corrected chi connectivity index (χ0v) is 17.4. The number of likely N-dealkylation sites (N-methyl/N-ethyl adjacent to an activating group) is 1. The van der Waals surface area contributed by atoms with E-state index in [1.165, 1.54) is 0 Å². The quantitative estimate of drug-likeness (QED) is 0.769. The summed E-state index contributed by atoms with van der Waals surface area (Å²) in [5.41, 5.74) is 1.78. The van der Waals surface area contributed by atoms with E-state index in [-0.39, 0.29) is 36.6 Å². The van der Waals surface area contributed by atoms with Crippen LogP contribution in [0.1, 0.15) is 24.8 Å². The Morgan fingerprint density at radius 2 is 1.78 bits per heavy atom. The average molecular weight is 417 g/mol. The zero-order valence-electron chi connectivity index (χ0n) is 15.8. The lowest BCUT2D eigenvalue weighted by molar-refractivity contribution is -0.132. The maximum Gasteiger partial charge on any atom is 0.227 e. The molecule has 0 aromatic heterocycles. The molecule has 2 saturated heterocycles. The van der Waals surface area contributed by atoms with Gasteiger partial charge in [0.2, 0.25) is 11.8 Å². The number of carbonyl (C=O) groups excluding carboxylic acids is 2. The molecule has 0 bridgehead atoms. The fraction of sp³-hybridized carbons (Fsp3) is 0.579. The van der Waals surface area contributed by atoms with Gasteiger partial charge in [-0.2, -0.15) is 0 Å². The van der Waals surface area contributed by atoms with Crippen molar-refractivity contribution in [3.63, 3.8) is 0 Å². The monoisotopic (exact) mass is 416 g/mol. The van der Waals surface area contributed by atoms with Gasteiger partial charge in [-0.1, -0.05) is 12.1 Å². The van der Waals surface area contributed by atoms with Gasteiger partial charge >= 0.3 is 0 Å². The number of carbonyl (C=O) groups is 2. The molecule has 1 atom stereocenters. The van der Waals surface area contributed by atoms with E-state index in [4.69, 9.17) is 0 Å². The van der Waals surface area contributed by atoms with Gasteiger partial charge in [0.25, 0.3) is 0 Å². The topological polar surface area (TPSA) is 64.7 Å². The Balaban J connectivity index is 0.00000182. The molecule has 1 unspecified atom stereocenters. The number of hydrogen-bond acceptors (Lipinski definition) is 4. The van der Waals surface area contributed by atoms with E-state index in [2.05, 4.69) is 22.6 Å². The predicted octanol–water partition coefficient (Wildman–Crippen LogP) is 1.93. The van der Waals surface area contributed by atoms with Crippen LogP contribution < -0.4 is 10.6 Å². The molecule has 6 nitrogen and oxygen atoms in total. The smallest absolute Gasteiger partial charge is 0.227 e. The summed E-state index contributed by atoms with van der Waals surface area (Å²) in [7, 11) is 2.08. The number of anilines is 1. The second-order valence-electron chi connectivity index (χ2n) is 7.10. The minimum Gasteiger partial charge on any atom is -0.340 e. The molecule has 0 spiro atoms. The first kappa shape index (κ1) is 23.7. The third-order valence-corrected chi connectivity index (χ3v) is 5.04. The van der Waals surface area contributed by atoms with Crippen molar-refractivity contribution in [2.24, 2.45) is 0 Å². The summed E-state index contributed by atoms with van der Waals surface area (Å²) in [5, 5.41) is 6.27. The number of rotatable bonds is 5. The lowest BCUT2D eigenvalue weighted by Crippen LogP contribution is -2.47. The van der Waals surface area contributed by atoms with Crippen LogP contribution in [0, 0.1) is 0 Å². The third kappa shape index (κ3) is 7.30. The summed E-state index contributed by atoms with van der Waals surface area (Å²) in [6, 6.07) is 7.93. The van der Waals surface area contributed by atoms with Gasteiger partial charge in [-0.05, 0) is 44.1 Å². The lowest BCUT2D eigenvalue weighted by Gasteiger charge is -2.32. The molecule has 8 heteroatoms. The number of amides is 2. The van der Waals surface area contributed by atoms with Crippen LogP contribution >= 0.6 is 24.8 Å². The normalized spacial score (nSPS) is 19.7. The highest BCUT2D eigenvalue weighted by Crippen LogP contribution is 2.14. The Labute approximate surface area is 173 Å². The van der Waals surface area contributed by atoms with E-state index in [0.29, 0.717) is 18.9 Å². The predicted molar refractivity (Wildman–Crippen MR) is 113 cm³/mol. The van der Waals surface area contributed by atoms with Gasteiger partial charge in [0.1, 0.15) is 0 Å². The number of piperazine rings is 1. The maximum absolute atomic E-state index is 12.4. The molecular weight excluding hydrogens is 387 g/mol. The van der Waals surface area contributed by atoms with Gasteiger partial charge in [0.15, 0.2) is 0 Å².